The fourth-order valence-electron chi connectivity index (χ4n) is 12.0. The van der Waals surface area contributed by atoms with Crippen LogP contribution in [-0.4, -0.2) is 107 Å². The number of nitrogens with zero attached hydrogens (tertiary/aromatic N) is 4. The molecule has 0 unspecified atom stereocenters. The summed E-state index contributed by atoms with van der Waals surface area (Å²) < 4.78 is 22.0. The minimum Gasteiger partial charge on any atom is -0.488 e. The maximum Gasteiger partial charge on any atom is 0.407 e. The molecule has 6 heterocycles. The average Bonchev–Trinajstić information content (AvgIpc) is 4.19. The number of carbonyl (C=O) groups excluding carboxylic acids is 4. The minimum atomic E-state index is -0.714. The topological polar surface area (TPSA) is 177 Å². The van der Waals surface area contributed by atoms with Crippen molar-refractivity contribution in [1.82, 2.24) is 30.4 Å². The van der Waals surface area contributed by atoms with Crippen molar-refractivity contribution in [2.75, 3.05) is 27.4 Å². The number of aliphatic imine (C=N–C) groups is 1. The number of H-pyrrole nitrogens is 1. The number of nitrogens with one attached hydrogen (secondary N) is 3. The molecular formula is C51H61N7O8. The molecule has 1 aliphatic carbocycles. The number of fused-ring (bicyclic) bond motifs is 7. The number of benzene rings is 3. The smallest absolute Gasteiger partial charge is 0.407 e. The Balaban J connectivity index is 0.886. The number of amides is 4. The molecule has 15 nitrogen and oxygen atoms in total. The summed E-state index contributed by atoms with van der Waals surface area (Å²) in [6, 6.07) is 13.4. The summed E-state index contributed by atoms with van der Waals surface area (Å²) in [6.07, 6.45) is 9.13. The number of carbonyl (C=O) groups is 4. The molecule has 4 aromatic rings. The van der Waals surface area contributed by atoms with Gasteiger partial charge in [0.05, 0.1) is 43.9 Å². The normalized spacial score (nSPS) is 24.2. The highest BCUT2D eigenvalue weighted by molar-refractivity contribution is 6.07. The number of imidazole rings is 1. The molecule has 0 bridgehead atoms. The Hall–Kier alpha value is -5.96. The zero-order chi connectivity index (χ0) is 45.8. The van der Waals surface area contributed by atoms with Gasteiger partial charge in [-0.2, -0.15) is 0 Å². The van der Waals surface area contributed by atoms with E-state index in [0.717, 1.165) is 112 Å². The summed E-state index contributed by atoms with van der Waals surface area (Å²) in [4.78, 5) is 71.3. The molecule has 1 saturated carbocycles. The van der Waals surface area contributed by atoms with Crippen LogP contribution in [0, 0.1) is 17.8 Å². The average molecular weight is 900 g/mol. The van der Waals surface area contributed by atoms with Crippen LogP contribution in [0.25, 0.3) is 33.2 Å². The number of ether oxygens (including phenoxy) is 4. The van der Waals surface area contributed by atoms with Crippen LogP contribution in [-0.2, 0) is 36.8 Å². The molecular weight excluding hydrogens is 839 g/mol. The molecule has 3 saturated heterocycles. The van der Waals surface area contributed by atoms with Gasteiger partial charge in [0.15, 0.2) is 0 Å². The van der Waals surface area contributed by atoms with Gasteiger partial charge in [0, 0.05) is 43.0 Å². The molecule has 15 heteroatoms. The monoisotopic (exact) mass is 899 g/mol. The lowest BCUT2D eigenvalue weighted by Gasteiger charge is -2.37. The highest BCUT2D eigenvalue weighted by Gasteiger charge is 2.51. The van der Waals surface area contributed by atoms with Crippen LogP contribution in [0.1, 0.15) is 102 Å². The standard InChI is InChI=1S/C51H61N7O8/c1-6-33-12-15-42(57(33)48(59)45(27(2)3)55-50(61)63-4)47-52-25-40(54-47)30-10-13-34-32(20-30)26-66-44-24-35-29(21-37(34)44)11-14-38-36(35)23-39(53-38)43-22-31-8-7-9-41(31)58(43)49(60)46(56-51(62)64-5)28-16-18-65-19-17-28/h10-11,13-14,20-21,24-25,27-28,31,33,41-43,45-46H,6-9,12,15-19,22-23,26H2,1-5H3,(H,52,54)(H,55,61)(H,56,62)/t31-,33-,41-,42-,43-,45-,46-/m0/s1. The van der Waals surface area contributed by atoms with E-state index in [1.807, 2.05) is 24.9 Å². The van der Waals surface area contributed by atoms with E-state index < -0.39 is 24.3 Å². The lowest BCUT2D eigenvalue weighted by Crippen LogP contribution is -2.57. The Bertz CT molecular complexity index is 2580. The van der Waals surface area contributed by atoms with E-state index in [1.54, 1.807) is 0 Å². The molecule has 5 aliphatic heterocycles. The molecule has 348 valence electrons. The largest absolute Gasteiger partial charge is 0.488 e. The number of methoxy groups -OCH3 is 2. The third kappa shape index (κ3) is 7.86. The van der Waals surface area contributed by atoms with E-state index in [9.17, 15) is 19.2 Å². The molecule has 1 aromatic heterocycles. The predicted octanol–water partition coefficient (Wildman–Crippen LogP) is 8.16. The first-order valence-electron chi connectivity index (χ1n) is 23.9. The van der Waals surface area contributed by atoms with E-state index in [0.29, 0.717) is 45.0 Å². The van der Waals surface area contributed by atoms with Crippen molar-refractivity contribution < 1.29 is 38.1 Å². The van der Waals surface area contributed by atoms with E-state index in [-0.39, 0.29) is 47.8 Å². The Morgan fingerprint density at radius 1 is 0.879 bits per heavy atom. The second-order valence-electron chi connectivity index (χ2n) is 19.3. The number of aromatic amines is 1. The first-order chi connectivity index (χ1) is 32.0. The van der Waals surface area contributed by atoms with E-state index >= 15 is 0 Å². The molecule has 10 rings (SSSR count). The molecule has 7 atom stereocenters. The predicted molar refractivity (Wildman–Crippen MR) is 248 cm³/mol. The van der Waals surface area contributed by atoms with Crippen LogP contribution in [0.2, 0.25) is 0 Å². The maximum absolute atomic E-state index is 14.8. The second kappa shape index (κ2) is 18.0. The van der Waals surface area contributed by atoms with Gasteiger partial charge >= 0.3 is 12.2 Å². The van der Waals surface area contributed by atoms with Crippen LogP contribution in [0.4, 0.5) is 15.3 Å². The number of rotatable bonds is 10. The van der Waals surface area contributed by atoms with Crippen molar-refractivity contribution >= 4 is 46.2 Å². The van der Waals surface area contributed by atoms with Crippen molar-refractivity contribution in [2.24, 2.45) is 22.7 Å². The van der Waals surface area contributed by atoms with Gasteiger partial charge in [-0.25, -0.2) is 14.6 Å². The number of hydrogen-bond donors (Lipinski definition) is 3. The summed E-state index contributed by atoms with van der Waals surface area (Å²) in [7, 11) is 2.64. The van der Waals surface area contributed by atoms with Crippen LogP contribution in [0.5, 0.6) is 5.75 Å². The van der Waals surface area contributed by atoms with Gasteiger partial charge in [-0.1, -0.05) is 45.4 Å². The lowest BCUT2D eigenvalue weighted by atomic mass is 9.89. The Labute approximate surface area is 385 Å². The van der Waals surface area contributed by atoms with Crippen LogP contribution < -0.4 is 15.4 Å². The molecule has 6 aliphatic rings. The first-order valence-corrected chi connectivity index (χ1v) is 23.9. The summed E-state index contributed by atoms with van der Waals surface area (Å²) in [5.41, 5.74) is 8.13. The zero-order valence-corrected chi connectivity index (χ0v) is 38.6. The number of likely N-dealkylation sites (tertiary alicyclic amines) is 2. The maximum atomic E-state index is 14.8. The Morgan fingerprint density at radius 3 is 2.45 bits per heavy atom. The SMILES string of the molecule is CC[C@H]1CC[C@@H](c2ncc(-c3ccc4c(c3)COc3cc5c6c(ccc5cc3-4)N=C([C@@H]3C[C@@H]4CCC[C@@H]4N3C(=O)[C@@H](NC(=O)OC)C3CCOCC3)C6)[nH]2)N1C(=O)[C@@H](NC(=O)OC)C(C)C. The van der Waals surface area contributed by atoms with Crippen molar-refractivity contribution in [3.63, 3.8) is 0 Å². The number of aromatic nitrogens is 2. The summed E-state index contributed by atoms with van der Waals surface area (Å²) in [6.45, 7) is 7.47. The van der Waals surface area contributed by atoms with Gasteiger partial charge in [-0.3, -0.25) is 14.6 Å². The molecule has 0 radical (unpaired) electrons. The molecule has 3 N–H and O–H groups in total. The Morgan fingerprint density at radius 2 is 1.68 bits per heavy atom. The second-order valence-corrected chi connectivity index (χ2v) is 19.3. The van der Waals surface area contributed by atoms with Gasteiger partial charge in [-0.05, 0) is 126 Å². The van der Waals surface area contributed by atoms with Crippen molar-refractivity contribution in [1.29, 1.82) is 0 Å². The van der Waals surface area contributed by atoms with Crippen LogP contribution in [0.15, 0.2) is 53.7 Å². The quantitative estimate of drug-likeness (QED) is 0.142. The lowest BCUT2D eigenvalue weighted by molar-refractivity contribution is -0.138. The van der Waals surface area contributed by atoms with E-state index in [4.69, 9.17) is 28.9 Å². The summed E-state index contributed by atoms with van der Waals surface area (Å²) >= 11 is 0. The van der Waals surface area contributed by atoms with Crippen molar-refractivity contribution in [3.8, 4) is 28.1 Å². The number of hydrogen-bond acceptors (Lipinski definition) is 10. The third-order valence-corrected chi connectivity index (χ3v) is 15.4. The molecule has 4 amide bonds. The third-order valence-electron chi connectivity index (χ3n) is 15.4. The van der Waals surface area contributed by atoms with Crippen molar-refractivity contribution in [3.05, 3.63) is 65.6 Å². The van der Waals surface area contributed by atoms with Gasteiger partial charge in [0.2, 0.25) is 11.8 Å². The molecule has 4 fully saturated rings. The Kier molecular flexibility index (Phi) is 12.0. The first kappa shape index (κ1) is 43.9. The van der Waals surface area contributed by atoms with Crippen LogP contribution in [0.3, 0.4) is 0 Å². The minimum absolute atomic E-state index is 0.0254. The highest BCUT2D eigenvalue weighted by Crippen LogP contribution is 2.48. The fourth-order valence-corrected chi connectivity index (χ4v) is 12.0. The highest BCUT2D eigenvalue weighted by atomic mass is 16.5. The number of alkyl carbamates (subject to hydrolysis) is 2. The van der Waals surface area contributed by atoms with Crippen LogP contribution >= 0.6 is 0 Å². The van der Waals surface area contributed by atoms with Crippen molar-refractivity contribution in [2.45, 2.75) is 128 Å². The summed E-state index contributed by atoms with van der Waals surface area (Å²) in [5.74, 6) is 1.65. The fraction of sp³-hybridized carbons (Fsp3) is 0.529. The van der Waals surface area contributed by atoms with Gasteiger partial charge < -0.3 is 44.4 Å². The molecule has 66 heavy (non-hydrogen) atoms. The zero-order valence-electron chi connectivity index (χ0n) is 38.6. The van der Waals surface area contributed by atoms with Gasteiger partial charge in [0.25, 0.3) is 0 Å². The van der Waals surface area contributed by atoms with Gasteiger partial charge in [-0.15, -0.1) is 0 Å². The van der Waals surface area contributed by atoms with Gasteiger partial charge in [0.1, 0.15) is 30.3 Å². The summed E-state index contributed by atoms with van der Waals surface area (Å²) in [5, 5.41) is 7.89. The van der Waals surface area contributed by atoms with E-state index in [2.05, 4.69) is 69.9 Å². The van der Waals surface area contributed by atoms with E-state index in [1.165, 1.54) is 14.2 Å². The molecule has 3 aromatic carbocycles. The molecule has 0 spiro atoms.